The Labute approximate surface area is 77.5 Å². The standard InChI is InChI=1S/C6H14N2.ClH.Pt/c7-5-3-1-2-4-6(5)8;;/h5-6H,1-4,7-8H2;1H;/q;;+2/p-1. The van der Waals surface area contributed by atoms with E-state index in [1.165, 1.54) is 12.8 Å². The molecule has 1 rings (SSSR count). The molecule has 0 aromatic rings. The van der Waals surface area contributed by atoms with Crippen LogP contribution >= 0.6 is 9.42 Å². The molecule has 1 saturated carbocycles. The predicted octanol–water partition coefficient (Wildman–Crippen LogP) is 0.902. The van der Waals surface area contributed by atoms with Crippen LogP contribution in [0.3, 0.4) is 0 Å². The number of rotatable bonds is 0. The molecule has 0 spiro atoms. The number of hydrogen-bond acceptors (Lipinski definition) is 2. The predicted molar refractivity (Wildman–Crippen MR) is 40.3 cm³/mol. The number of hydrogen-bond donors (Lipinski definition) is 2. The molecule has 0 aliphatic heterocycles. The first kappa shape index (κ1) is 10.9. The van der Waals surface area contributed by atoms with Gasteiger partial charge in [-0.25, -0.2) is 0 Å². The van der Waals surface area contributed by atoms with Crippen molar-refractivity contribution >= 4 is 9.42 Å². The van der Waals surface area contributed by atoms with Gasteiger partial charge in [0.2, 0.25) is 0 Å². The summed E-state index contributed by atoms with van der Waals surface area (Å²) in [5, 5.41) is 0. The van der Waals surface area contributed by atoms with E-state index < -0.39 is 0 Å². The number of halogens is 1. The van der Waals surface area contributed by atoms with Crippen LogP contribution in [0.1, 0.15) is 25.7 Å². The molecule has 1 fully saturated rings. The van der Waals surface area contributed by atoms with E-state index in [4.69, 9.17) is 11.5 Å². The first-order chi connectivity index (χ1) is 4.80. The fourth-order valence-corrected chi connectivity index (χ4v) is 1.19. The van der Waals surface area contributed by atoms with Crippen LogP contribution in [0.15, 0.2) is 0 Å². The van der Waals surface area contributed by atoms with Crippen LogP contribution in [0.4, 0.5) is 0 Å². The topological polar surface area (TPSA) is 52.0 Å². The Morgan fingerprint density at radius 1 is 1.00 bits per heavy atom. The molecule has 4 N–H and O–H groups in total. The van der Waals surface area contributed by atoms with Gasteiger partial charge in [-0.05, 0) is 12.8 Å². The second-order valence-corrected chi connectivity index (χ2v) is 2.61. The Hall–Kier alpha value is 0.898. The summed E-state index contributed by atoms with van der Waals surface area (Å²) >= 11 is 1.61. The van der Waals surface area contributed by atoms with Gasteiger partial charge in [0, 0.05) is 12.1 Å². The summed E-state index contributed by atoms with van der Waals surface area (Å²) < 4.78 is 0. The first-order valence-electron chi connectivity index (χ1n) is 3.44. The Morgan fingerprint density at radius 3 is 1.50 bits per heavy atom. The van der Waals surface area contributed by atoms with Gasteiger partial charge in [-0.1, -0.05) is 12.8 Å². The molecule has 0 heterocycles. The molecule has 10 heavy (non-hydrogen) atoms. The van der Waals surface area contributed by atoms with Crippen LogP contribution < -0.4 is 11.5 Å². The van der Waals surface area contributed by atoms with Crippen molar-refractivity contribution in [1.82, 2.24) is 0 Å². The van der Waals surface area contributed by atoms with Crippen molar-refractivity contribution in [3.8, 4) is 0 Å². The van der Waals surface area contributed by atoms with Gasteiger partial charge in [-0.2, -0.15) is 0 Å². The number of nitrogens with two attached hydrogens (primary N) is 2. The summed E-state index contributed by atoms with van der Waals surface area (Å²) in [6, 6.07) is 0.562. The van der Waals surface area contributed by atoms with E-state index in [9.17, 15) is 0 Å². The van der Waals surface area contributed by atoms with E-state index >= 15 is 0 Å². The van der Waals surface area contributed by atoms with E-state index in [1.807, 2.05) is 0 Å². The molecule has 1 aliphatic rings. The van der Waals surface area contributed by atoms with E-state index in [2.05, 4.69) is 9.42 Å². The molecule has 0 aromatic carbocycles. The molecule has 1 aliphatic carbocycles. The molecule has 2 nitrogen and oxygen atoms in total. The van der Waals surface area contributed by atoms with E-state index in [0.29, 0.717) is 0 Å². The summed E-state index contributed by atoms with van der Waals surface area (Å²) in [6.07, 6.45) is 4.80. The van der Waals surface area contributed by atoms with Crippen molar-refractivity contribution in [3.63, 3.8) is 0 Å². The van der Waals surface area contributed by atoms with Gasteiger partial charge in [-0.15, -0.1) is 0 Å². The van der Waals surface area contributed by atoms with Gasteiger partial charge in [0.05, 0.1) is 0 Å². The zero-order valence-electron chi connectivity index (χ0n) is 5.83. The second kappa shape index (κ2) is 6.60. The van der Waals surface area contributed by atoms with Crippen molar-refractivity contribution in [2.45, 2.75) is 37.8 Å². The fraction of sp³-hybridized carbons (Fsp3) is 1.00. The molecule has 0 aromatic heterocycles. The first-order valence-corrected chi connectivity index (χ1v) is 6.25. The van der Waals surface area contributed by atoms with Crippen molar-refractivity contribution in [2.24, 2.45) is 11.5 Å². The maximum absolute atomic E-state index is 5.65. The van der Waals surface area contributed by atoms with Crippen LogP contribution in [0, 0.1) is 0 Å². The van der Waals surface area contributed by atoms with Crippen molar-refractivity contribution in [1.29, 1.82) is 0 Å². The quantitative estimate of drug-likeness (QED) is 0.686. The van der Waals surface area contributed by atoms with Gasteiger partial charge in [0.15, 0.2) is 0 Å². The summed E-state index contributed by atoms with van der Waals surface area (Å²) in [5.41, 5.74) is 11.3. The maximum atomic E-state index is 5.65. The molecule has 2 unspecified atom stereocenters. The third kappa shape index (κ3) is 3.92. The van der Waals surface area contributed by atoms with Crippen molar-refractivity contribution < 1.29 is 18.8 Å². The molecule has 2 atom stereocenters. The Balaban J connectivity index is 0.000000371. The van der Waals surface area contributed by atoms with E-state index in [1.54, 1.807) is 18.8 Å². The Bertz CT molecular complexity index is 72.1. The van der Waals surface area contributed by atoms with Crippen LogP contribution in [-0.2, 0) is 18.8 Å². The van der Waals surface area contributed by atoms with Crippen molar-refractivity contribution in [3.05, 3.63) is 0 Å². The molecule has 64 valence electrons. The average Bonchev–Trinajstić information content (AvgIpc) is 2.00. The van der Waals surface area contributed by atoms with Crippen LogP contribution in [-0.4, -0.2) is 12.1 Å². The van der Waals surface area contributed by atoms with Gasteiger partial charge in [0.25, 0.3) is 0 Å². The summed E-state index contributed by atoms with van der Waals surface area (Å²) in [5.74, 6) is 0. The van der Waals surface area contributed by atoms with E-state index in [0.717, 1.165) is 12.8 Å². The van der Waals surface area contributed by atoms with Gasteiger partial charge in [-0.3, -0.25) is 0 Å². The molecule has 0 amide bonds. The third-order valence-electron chi connectivity index (χ3n) is 1.87. The fourth-order valence-electron chi connectivity index (χ4n) is 1.19. The third-order valence-corrected chi connectivity index (χ3v) is 1.87. The van der Waals surface area contributed by atoms with Crippen LogP contribution in [0.25, 0.3) is 0 Å². The summed E-state index contributed by atoms with van der Waals surface area (Å²) in [4.78, 5) is 0. The van der Waals surface area contributed by atoms with Gasteiger partial charge < -0.3 is 11.5 Å². The van der Waals surface area contributed by atoms with Crippen LogP contribution in [0.2, 0.25) is 0 Å². The zero-order valence-corrected chi connectivity index (χ0v) is 8.86. The molecule has 0 saturated heterocycles. The Kier molecular flexibility index (Phi) is 7.19. The monoisotopic (exact) mass is 344 g/mol. The van der Waals surface area contributed by atoms with Crippen LogP contribution in [0.5, 0.6) is 0 Å². The van der Waals surface area contributed by atoms with E-state index in [-0.39, 0.29) is 12.1 Å². The SMILES string of the molecule is NC1CCCCC1N.[Cl][Pt+]. The second-order valence-electron chi connectivity index (χ2n) is 2.61. The molecule has 0 radical (unpaired) electrons. The molecular formula is C6H14ClN2Pt+. The average molecular weight is 345 g/mol. The minimum absolute atomic E-state index is 0.281. The summed E-state index contributed by atoms with van der Waals surface area (Å²) in [6.45, 7) is 0. The molecule has 4 heteroatoms. The molecular weight excluding hydrogens is 331 g/mol. The minimum atomic E-state index is 0.281. The summed E-state index contributed by atoms with van der Waals surface area (Å²) in [7, 11) is 4.61. The normalized spacial score (nSPS) is 32.5. The zero-order chi connectivity index (χ0) is 7.98. The van der Waals surface area contributed by atoms with Gasteiger partial charge in [0.1, 0.15) is 0 Å². The Morgan fingerprint density at radius 2 is 1.30 bits per heavy atom. The van der Waals surface area contributed by atoms with Gasteiger partial charge >= 0.3 is 28.2 Å². The molecule has 0 bridgehead atoms. The van der Waals surface area contributed by atoms with Crippen molar-refractivity contribution in [2.75, 3.05) is 0 Å².